The van der Waals surface area contributed by atoms with Gasteiger partial charge >= 0.3 is 0 Å². The van der Waals surface area contributed by atoms with Crippen molar-refractivity contribution in [1.82, 2.24) is 0 Å². The highest BCUT2D eigenvalue weighted by Gasteiger charge is 2.16. The van der Waals surface area contributed by atoms with Gasteiger partial charge in [0.2, 0.25) is 0 Å². The molecule has 0 aliphatic heterocycles. The van der Waals surface area contributed by atoms with Gasteiger partial charge in [-0.05, 0) is 43.2 Å². The standard InChI is InChI=1S/C19H21Cl2N3O2/c1-12-5-4-6-13(2)19(12)23-18(26)11-24(3)10-17(25)22-16-8-14(20)7-15(21)9-16/h4-9H,10-11H2,1-3H3,(H,22,25)(H,23,26)/p+1. The number of likely N-dealkylation sites (N-methyl/N-ethyl adjacent to an activating group) is 1. The van der Waals surface area contributed by atoms with Crippen molar-refractivity contribution in [3.63, 3.8) is 0 Å². The van der Waals surface area contributed by atoms with Gasteiger partial charge < -0.3 is 15.5 Å². The first-order valence-corrected chi connectivity index (χ1v) is 8.93. The van der Waals surface area contributed by atoms with E-state index in [9.17, 15) is 9.59 Å². The third kappa shape index (κ3) is 6.02. The van der Waals surface area contributed by atoms with Crippen LogP contribution in [0.3, 0.4) is 0 Å². The minimum atomic E-state index is -0.222. The number of halogens is 2. The van der Waals surface area contributed by atoms with Gasteiger partial charge in [0.25, 0.3) is 11.8 Å². The Morgan fingerprint density at radius 3 is 1.96 bits per heavy atom. The Kier molecular flexibility index (Phi) is 7.03. The molecule has 5 nitrogen and oxygen atoms in total. The van der Waals surface area contributed by atoms with E-state index >= 15 is 0 Å². The highest BCUT2D eigenvalue weighted by atomic mass is 35.5. The first-order valence-electron chi connectivity index (χ1n) is 8.18. The van der Waals surface area contributed by atoms with Gasteiger partial charge in [-0.15, -0.1) is 0 Å². The summed E-state index contributed by atoms with van der Waals surface area (Å²) in [5, 5.41) is 6.55. The molecule has 3 N–H and O–H groups in total. The van der Waals surface area contributed by atoms with Crippen LogP contribution in [0.15, 0.2) is 36.4 Å². The summed E-state index contributed by atoms with van der Waals surface area (Å²) in [4.78, 5) is 25.2. The fourth-order valence-electron chi connectivity index (χ4n) is 2.64. The molecular weight excluding hydrogens is 373 g/mol. The molecule has 0 heterocycles. The second-order valence-corrected chi connectivity index (χ2v) is 7.20. The van der Waals surface area contributed by atoms with E-state index in [-0.39, 0.29) is 24.9 Å². The van der Waals surface area contributed by atoms with Crippen molar-refractivity contribution in [2.45, 2.75) is 13.8 Å². The number of hydrogen-bond donors (Lipinski definition) is 3. The maximum atomic E-state index is 12.3. The van der Waals surface area contributed by atoms with E-state index in [1.807, 2.05) is 32.0 Å². The summed E-state index contributed by atoms with van der Waals surface area (Å²) in [6, 6.07) is 10.7. The van der Waals surface area contributed by atoms with Gasteiger partial charge in [0, 0.05) is 21.4 Å². The molecule has 0 radical (unpaired) electrons. The summed E-state index contributed by atoms with van der Waals surface area (Å²) in [6.45, 7) is 4.22. The molecule has 0 bridgehead atoms. The molecule has 7 heteroatoms. The number of hydrogen-bond acceptors (Lipinski definition) is 2. The predicted octanol–water partition coefficient (Wildman–Crippen LogP) is 2.70. The fourth-order valence-corrected chi connectivity index (χ4v) is 3.16. The van der Waals surface area contributed by atoms with Gasteiger partial charge in [-0.25, -0.2) is 0 Å². The maximum absolute atomic E-state index is 12.3. The van der Waals surface area contributed by atoms with Crippen LogP contribution < -0.4 is 15.5 Å². The number of carbonyl (C=O) groups is 2. The van der Waals surface area contributed by atoms with Crippen LogP contribution in [0.25, 0.3) is 0 Å². The van der Waals surface area contributed by atoms with Gasteiger partial charge in [0.05, 0.1) is 7.05 Å². The number of aryl methyl sites for hydroxylation is 2. The highest BCUT2D eigenvalue weighted by molar-refractivity contribution is 6.35. The molecular formula is C19H22Cl2N3O2+. The molecule has 1 atom stereocenters. The number of para-hydroxylation sites is 1. The second kappa shape index (κ2) is 9.03. The fraction of sp³-hybridized carbons (Fsp3) is 0.263. The van der Waals surface area contributed by atoms with Gasteiger partial charge in [0.1, 0.15) is 0 Å². The Balaban J connectivity index is 1.88. The molecule has 1 unspecified atom stereocenters. The molecule has 2 aromatic rings. The van der Waals surface area contributed by atoms with E-state index in [1.165, 1.54) is 0 Å². The molecule has 2 rings (SSSR count). The average Bonchev–Trinajstić information content (AvgIpc) is 2.49. The maximum Gasteiger partial charge on any atom is 0.279 e. The third-order valence-corrected chi connectivity index (χ3v) is 4.25. The number of amides is 2. The van der Waals surface area contributed by atoms with Crippen molar-refractivity contribution in [3.05, 3.63) is 57.6 Å². The lowest BCUT2D eigenvalue weighted by atomic mass is 10.1. The molecule has 0 saturated heterocycles. The molecule has 0 aliphatic rings. The number of anilines is 2. The SMILES string of the molecule is Cc1cccc(C)c1NC(=O)C[NH+](C)CC(=O)Nc1cc(Cl)cc(Cl)c1. The lowest BCUT2D eigenvalue weighted by Gasteiger charge is -2.15. The zero-order valence-electron chi connectivity index (χ0n) is 15.0. The van der Waals surface area contributed by atoms with Crippen molar-refractivity contribution in [1.29, 1.82) is 0 Å². The van der Waals surface area contributed by atoms with E-state index in [1.54, 1.807) is 25.2 Å². The average molecular weight is 395 g/mol. The van der Waals surface area contributed by atoms with Crippen LogP contribution in [-0.2, 0) is 9.59 Å². The molecule has 0 aliphatic carbocycles. The second-order valence-electron chi connectivity index (χ2n) is 6.33. The van der Waals surface area contributed by atoms with Crippen molar-refractivity contribution in [2.75, 3.05) is 30.8 Å². The summed E-state index contributed by atoms with van der Waals surface area (Å²) in [5.41, 5.74) is 3.36. The first kappa shape index (κ1) is 20.2. The minimum Gasteiger partial charge on any atom is -0.322 e. The monoisotopic (exact) mass is 394 g/mol. The molecule has 2 amide bonds. The summed E-state index contributed by atoms with van der Waals surface area (Å²) in [5.74, 6) is -0.362. The summed E-state index contributed by atoms with van der Waals surface area (Å²) in [6.07, 6.45) is 0. The van der Waals surface area contributed by atoms with E-state index in [0.29, 0.717) is 15.7 Å². The predicted molar refractivity (Wildman–Crippen MR) is 106 cm³/mol. The van der Waals surface area contributed by atoms with Crippen LogP contribution in [-0.4, -0.2) is 32.0 Å². The van der Waals surface area contributed by atoms with Crippen molar-refractivity contribution >= 4 is 46.4 Å². The number of benzene rings is 2. The minimum absolute atomic E-state index is 0.140. The molecule has 0 aromatic heterocycles. The van der Waals surface area contributed by atoms with E-state index in [2.05, 4.69) is 10.6 Å². The van der Waals surface area contributed by atoms with Crippen molar-refractivity contribution in [2.24, 2.45) is 0 Å². The first-order chi connectivity index (χ1) is 12.2. The van der Waals surface area contributed by atoms with Crippen LogP contribution in [0.1, 0.15) is 11.1 Å². The summed E-state index contributed by atoms with van der Waals surface area (Å²) >= 11 is 11.8. The van der Waals surface area contributed by atoms with E-state index < -0.39 is 0 Å². The van der Waals surface area contributed by atoms with Crippen LogP contribution in [0, 0.1) is 13.8 Å². The summed E-state index contributed by atoms with van der Waals surface area (Å²) in [7, 11) is 1.79. The Hall–Kier alpha value is -2.08. The quantitative estimate of drug-likeness (QED) is 0.705. The van der Waals surface area contributed by atoms with Crippen LogP contribution in [0.5, 0.6) is 0 Å². The molecule has 0 spiro atoms. The van der Waals surface area contributed by atoms with Crippen LogP contribution in [0.2, 0.25) is 10.0 Å². The van der Waals surface area contributed by atoms with E-state index in [0.717, 1.165) is 21.7 Å². The number of quaternary nitrogens is 1. The van der Waals surface area contributed by atoms with Crippen LogP contribution >= 0.6 is 23.2 Å². The molecule has 138 valence electrons. The number of rotatable bonds is 6. The Labute approximate surface area is 163 Å². The highest BCUT2D eigenvalue weighted by Crippen LogP contribution is 2.22. The normalized spacial score (nSPS) is 11.7. The number of nitrogens with one attached hydrogen (secondary N) is 3. The molecule has 0 saturated carbocycles. The van der Waals surface area contributed by atoms with Gasteiger partial charge in [0.15, 0.2) is 13.1 Å². The topological polar surface area (TPSA) is 62.6 Å². The van der Waals surface area contributed by atoms with Crippen LogP contribution in [0.4, 0.5) is 11.4 Å². The zero-order valence-corrected chi connectivity index (χ0v) is 16.5. The Bertz CT molecular complexity index is 784. The molecule has 26 heavy (non-hydrogen) atoms. The zero-order chi connectivity index (χ0) is 19.3. The third-order valence-electron chi connectivity index (χ3n) is 3.82. The summed E-state index contributed by atoms with van der Waals surface area (Å²) < 4.78 is 0. The lowest BCUT2D eigenvalue weighted by Crippen LogP contribution is -3.11. The smallest absolute Gasteiger partial charge is 0.279 e. The van der Waals surface area contributed by atoms with Crippen molar-refractivity contribution < 1.29 is 14.5 Å². The number of carbonyl (C=O) groups excluding carboxylic acids is 2. The van der Waals surface area contributed by atoms with Gasteiger partial charge in [-0.3, -0.25) is 9.59 Å². The largest absolute Gasteiger partial charge is 0.322 e. The molecule has 2 aromatic carbocycles. The Morgan fingerprint density at radius 1 is 0.923 bits per heavy atom. The van der Waals surface area contributed by atoms with E-state index in [4.69, 9.17) is 23.2 Å². The van der Waals surface area contributed by atoms with Gasteiger partial charge in [-0.1, -0.05) is 41.4 Å². The van der Waals surface area contributed by atoms with Crippen molar-refractivity contribution in [3.8, 4) is 0 Å². The van der Waals surface area contributed by atoms with Gasteiger partial charge in [-0.2, -0.15) is 0 Å². The Morgan fingerprint density at radius 2 is 1.42 bits per heavy atom. The molecule has 0 fully saturated rings. The lowest BCUT2D eigenvalue weighted by molar-refractivity contribution is -0.862.